The van der Waals surface area contributed by atoms with E-state index in [1.807, 2.05) is 21.6 Å². The lowest BCUT2D eigenvalue weighted by atomic mass is 9.73. The Kier molecular flexibility index (Phi) is 10.5. The van der Waals surface area contributed by atoms with E-state index in [0.717, 1.165) is 50.7 Å². The van der Waals surface area contributed by atoms with E-state index in [2.05, 4.69) is 26.4 Å². The van der Waals surface area contributed by atoms with Gasteiger partial charge in [-0.3, -0.25) is 0 Å². The van der Waals surface area contributed by atoms with Crippen LogP contribution in [0.2, 0.25) is 0 Å². The second-order valence-corrected chi connectivity index (χ2v) is 10.3. The monoisotopic (exact) mass is 486 g/mol. The van der Waals surface area contributed by atoms with E-state index >= 15 is 0 Å². The van der Waals surface area contributed by atoms with Crippen LogP contribution >= 0.6 is 26.9 Å². The smallest absolute Gasteiger partial charge is 0.346 e. The molecule has 1 aromatic carbocycles. The van der Waals surface area contributed by atoms with E-state index in [1.54, 1.807) is 0 Å². The molecule has 8 atom stereocenters. The van der Waals surface area contributed by atoms with Crippen molar-refractivity contribution in [2.45, 2.75) is 76.9 Å². The number of unbranched alkanes of at least 4 members (excludes halogenated alkanes) is 2. The Balaban J connectivity index is 1.67. The van der Waals surface area contributed by atoms with Crippen LogP contribution in [-0.4, -0.2) is 29.9 Å². The Bertz CT molecular complexity index is 716. The fourth-order valence-corrected chi connectivity index (χ4v) is 6.50. The third-order valence-corrected chi connectivity index (χ3v) is 8.10. The zero-order valence-electron chi connectivity index (χ0n) is 18.4. The third kappa shape index (κ3) is 6.84. The molecular weight excluding hydrogens is 449 g/mol. The lowest BCUT2D eigenvalue weighted by Gasteiger charge is -2.33. The maximum atomic E-state index is 11.5. The molecule has 1 aromatic rings. The molecule has 5 nitrogen and oxygen atoms in total. The molecule has 8 heteroatoms. The minimum Gasteiger partial charge on any atom is -0.482 e. The number of rotatable bonds is 12. The maximum Gasteiger partial charge on any atom is 0.346 e. The summed E-state index contributed by atoms with van der Waals surface area (Å²) in [5, 5.41) is 10.5. The van der Waals surface area contributed by atoms with Gasteiger partial charge in [0.2, 0.25) is 0 Å². The van der Waals surface area contributed by atoms with E-state index < -0.39 is 5.97 Å². The number of ether oxygens (including phenoxy) is 1. The highest BCUT2D eigenvalue weighted by Crippen LogP contribution is 2.51. The number of fused-ring (bicyclic) bond motifs is 2. The summed E-state index contributed by atoms with van der Waals surface area (Å²) in [6.45, 7) is 2.12. The minimum atomic E-state index is -0.399. The van der Waals surface area contributed by atoms with Gasteiger partial charge in [0.1, 0.15) is 5.75 Å². The van der Waals surface area contributed by atoms with Crippen LogP contribution in [0, 0.1) is 17.8 Å². The van der Waals surface area contributed by atoms with Crippen LogP contribution in [0.15, 0.2) is 18.2 Å². The first-order valence-electron chi connectivity index (χ1n) is 11.5. The molecule has 0 aliphatic heterocycles. The predicted molar refractivity (Wildman–Crippen MR) is 133 cm³/mol. The van der Waals surface area contributed by atoms with Gasteiger partial charge in [0.25, 0.3) is 0 Å². The fraction of sp³-hybridized carbons (Fsp3) is 0.696. The Morgan fingerprint density at radius 1 is 1.29 bits per heavy atom. The molecule has 0 saturated heterocycles. The molecule has 3 unspecified atom stereocenters. The molecule has 1 fully saturated rings. The highest BCUT2D eigenvalue weighted by Gasteiger charge is 2.46. The van der Waals surface area contributed by atoms with Gasteiger partial charge >= 0.3 is 5.97 Å². The van der Waals surface area contributed by atoms with Crippen molar-refractivity contribution in [3.05, 3.63) is 29.3 Å². The van der Waals surface area contributed by atoms with Crippen molar-refractivity contribution in [1.29, 1.82) is 0 Å². The van der Waals surface area contributed by atoms with Gasteiger partial charge in [-0.05, 0) is 73.5 Å². The van der Waals surface area contributed by atoms with Crippen LogP contribution < -0.4 is 4.74 Å². The van der Waals surface area contributed by atoms with Crippen LogP contribution in [0.3, 0.4) is 0 Å². The molecule has 31 heavy (non-hydrogen) atoms. The summed E-state index contributed by atoms with van der Waals surface area (Å²) in [6.07, 6.45) is 9.40. The molecule has 174 valence electrons. The summed E-state index contributed by atoms with van der Waals surface area (Å²) in [4.78, 5) is 11.5. The number of carbonyl (C=O) groups excluding carboxylic acids is 1. The molecule has 0 radical (unpaired) electrons. The molecule has 1 saturated carbocycles. The number of hydrogen-bond acceptors (Lipinski definition) is 5. The standard InChI is InChI=1S/C23H37O5P3/c1-2-3-4-7-17(24)9-10-18-19-11-15-6-5-8-21(26-14-23(25)27-29)20(15)12-16(19)13-22(18)28-31-30/h5-6,8,16-19,22,24,31H,2-4,7,9-14,29-30H2,1H3/t16-,17-,18+,19-,22+/m0/s1. The van der Waals surface area contributed by atoms with Crippen LogP contribution in [0.1, 0.15) is 63.0 Å². The third-order valence-electron chi connectivity index (χ3n) is 6.99. The largest absolute Gasteiger partial charge is 0.482 e. The summed E-state index contributed by atoms with van der Waals surface area (Å²) in [7, 11) is 5.09. The molecular formula is C23H37O5P3. The number of aliphatic hydroxyl groups excluding tert-OH is 1. The molecule has 0 heterocycles. The van der Waals surface area contributed by atoms with Crippen LogP contribution in [0.25, 0.3) is 0 Å². The van der Waals surface area contributed by atoms with Gasteiger partial charge in [0.15, 0.2) is 6.61 Å². The topological polar surface area (TPSA) is 65.0 Å². The summed E-state index contributed by atoms with van der Waals surface area (Å²) < 4.78 is 16.6. The normalized spacial score (nSPS) is 25.9. The van der Waals surface area contributed by atoms with Gasteiger partial charge in [-0.15, -0.1) is 0 Å². The summed E-state index contributed by atoms with van der Waals surface area (Å²) >= 11 is 0. The van der Waals surface area contributed by atoms with E-state index in [0.29, 0.717) is 26.2 Å². The van der Waals surface area contributed by atoms with E-state index in [-0.39, 0.29) is 18.8 Å². The van der Waals surface area contributed by atoms with Gasteiger partial charge in [0.05, 0.1) is 21.7 Å². The summed E-state index contributed by atoms with van der Waals surface area (Å²) in [5.74, 6) is 2.02. The van der Waals surface area contributed by atoms with Crippen LogP contribution in [-0.2, 0) is 26.7 Å². The van der Waals surface area contributed by atoms with E-state index in [1.165, 1.54) is 24.0 Å². The zero-order valence-corrected chi connectivity index (χ0v) is 21.7. The average Bonchev–Trinajstić information content (AvgIpc) is 3.10. The van der Waals surface area contributed by atoms with Crippen molar-refractivity contribution < 1.29 is 23.7 Å². The first-order valence-corrected chi connectivity index (χ1v) is 14.7. The lowest BCUT2D eigenvalue weighted by Crippen LogP contribution is -2.28. The number of carbonyl (C=O) groups is 1. The summed E-state index contributed by atoms with van der Waals surface area (Å²) in [6, 6.07) is 6.15. The fourth-order valence-electron chi connectivity index (χ4n) is 5.46. The minimum absolute atomic E-state index is 0.0769. The molecule has 0 spiro atoms. The second kappa shape index (κ2) is 12.8. The molecule has 1 N–H and O–H groups in total. The lowest BCUT2D eigenvalue weighted by molar-refractivity contribution is -0.135. The van der Waals surface area contributed by atoms with Crippen molar-refractivity contribution in [3.8, 4) is 5.75 Å². The Morgan fingerprint density at radius 3 is 2.87 bits per heavy atom. The van der Waals surface area contributed by atoms with Crippen molar-refractivity contribution >= 4 is 32.9 Å². The molecule has 0 bridgehead atoms. The second-order valence-electron chi connectivity index (χ2n) is 8.91. The Hall–Kier alpha value is -0.300. The van der Waals surface area contributed by atoms with Crippen LogP contribution in [0.4, 0.5) is 0 Å². The number of benzene rings is 1. The SMILES string of the molecule is CCCCC[C@H](O)CC[C@@H]1[C@H]2Cc3cccc(OCC(=O)OP)c3C[C@H]2C[C@H]1OPP. The van der Waals surface area contributed by atoms with Gasteiger partial charge in [0, 0.05) is 8.50 Å². The molecule has 0 amide bonds. The van der Waals surface area contributed by atoms with E-state index in [4.69, 9.17) is 9.26 Å². The number of aliphatic hydroxyl groups is 1. The van der Waals surface area contributed by atoms with E-state index in [9.17, 15) is 9.90 Å². The average molecular weight is 486 g/mol. The first kappa shape index (κ1) is 25.3. The predicted octanol–water partition coefficient (Wildman–Crippen LogP) is 5.24. The highest BCUT2D eigenvalue weighted by molar-refractivity contribution is 8.00. The first-order chi connectivity index (χ1) is 15.1. The van der Waals surface area contributed by atoms with Crippen LogP contribution in [0.5, 0.6) is 5.75 Å². The highest BCUT2D eigenvalue weighted by atomic mass is 32.0. The van der Waals surface area contributed by atoms with Gasteiger partial charge < -0.3 is 18.9 Å². The maximum absolute atomic E-state index is 11.5. The Morgan fingerprint density at radius 2 is 2.13 bits per heavy atom. The van der Waals surface area contributed by atoms with Gasteiger partial charge in [-0.25, -0.2) is 4.79 Å². The molecule has 2 aliphatic carbocycles. The molecule has 3 rings (SSSR count). The number of hydrogen-bond donors (Lipinski definition) is 1. The Labute approximate surface area is 193 Å². The van der Waals surface area contributed by atoms with Gasteiger partial charge in [-0.2, -0.15) is 0 Å². The zero-order chi connectivity index (χ0) is 22.2. The summed E-state index contributed by atoms with van der Waals surface area (Å²) in [5.41, 5.74) is 2.55. The molecule has 0 aromatic heterocycles. The van der Waals surface area contributed by atoms with Gasteiger partial charge in [-0.1, -0.05) is 47.2 Å². The van der Waals surface area contributed by atoms with Crippen molar-refractivity contribution in [2.75, 3.05) is 6.61 Å². The van der Waals surface area contributed by atoms with Crippen molar-refractivity contribution in [2.24, 2.45) is 17.8 Å². The molecule has 2 aliphatic rings. The quantitative estimate of drug-likeness (QED) is 0.323. The van der Waals surface area contributed by atoms with Crippen molar-refractivity contribution in [3.63, 3.8) is 0 Å². The van der Waals surface area contributed by atoms with Crippen molar-refractivity contribution in [1.82, 2.24) is 0 Å².